The Bertz CT molecular complexity index is 286. The van der Waals surface area contributed by atoms with Crippen LogP contribution in [0.2, 0.25) is 0 Å². The summed E-state index contributed by atoms with van der Waals surface area (Å²) in [7, 11) is 0. The molecule has 1 unspecified atom stereocenters. The van der Waals surface area contributed by atoms with Crippen LogP contribution >= 0.6 is 0 Å². The van der Waals surface area contributed by atoms with Gasteiger partial charge in [0.25, 0.3) is 0 Å². The Morgan fingerprint density at radius 1 is 1.39 bits per heavy atom. The second-order valence-corrected chi connectivity index (χ2v) is 5.51. The highest BCUT2D eigenvalue weighted by Gasteiger charge is 2.41. The van der Waals surface area contributed by atoms with E-state index in [0.717, 1.165) is 19.3 Å². The van der Waals surface area contributed by atoms with Crippen LogP contribution in [0.4, 0.5) is 0 Å². The largest absolute Gasteiger partial charge is 0.465 e. The molecule has 4 nitrogen and oxygen atoms in total. The minimum atomic E-state index is -0.722. The summed E-state index contributed by atoms with van der Waals surface area (Å²) in [6.45, 7) is 4.39. The van der Waals surface area contributed by atoms with E-state index < -0.39 is 11.9 Å². The number of hydrogen-bond acceptors (Lipinski definition) is 4. The summed E-state index contributed by atoms with van der Waals surface area (Å²) in [5.74, 6) is -0.882. The lowest BCUT2D eigenvalue weighted by Crippen LogP contribution is -2.27. The van der Waals surface area contributed by atoms with Crippen LogP contribution in [0.3, 0.4) is 0 Å². The first-order chi connectivity index (χ1) is 8.56. The predicted molar refractivity (Wildman–Crippen MR) is 68.0 cm³/mol. The molecule has 2 atom stereocenters. The van der Waals surface area contributed by atoms with Gasteiger partial charge in [0.2, 0.25) is 0 Å². The van der Waals surface area contributed by atoms with Crippen molar-refractivity contribution in [3.8, 4) is 0 Å². The van der Waals surface area contributed by atoms with E-state index in [1.165, 1.54) is 6.42 Å². The van der Waals surface area contributed by atoms with Gasteiger partial charge < -0.3 is 9.84 Å². The molecule has 1 aliphatic heterocycles. The normalized spacial score (nSPS) is 23.4. The number of hydrogen-bond donors (Lipinski definition) is 1. The minimum absolute atomic E-state index is 0.0684. The zero-order valence-corrected chi connectivity index (χ0v) is 11.4. The number of esters is 1. The van der Waals surface area contributed by atoms with E-state index in [0.29, 0.717) is 12.3 Å². The highest BCUT2D eigenvalue weighted by Crippen LogP contribution is 2.24. The van der Waals surface area contributed by atoms with Crippen LogP contribution in [0.25, 0.3) is 0 Å². The van der Waals surface area contributed by atoms with Crippen molar-refractivity contribution in [2.24, 2.45) is 17.8 Å². The van der Waals surface area contributed by atoms with E-state index >= 15 is 0 Å². The lowest BCUT2D eigenvalue weighted by Gasteiger charge is -2.11. The molecule has 1 heterocycles. The van der Waals surface area contributed by atoms with Gasteiger partial charge in [-0.3, -0.25) is 9.59 Å². The van der Waals surface area contributed by atoms with Crippen LogP contribution in [0.5, 0.6) is 0 Å². The van der Waals surface area contributed by atoms with Gasteiger partial charge >= 0.3 is 5.97 Å². The molecular formula is C14H24O4. The van der Waals surface area contributed by atoms with Crippen molar-refractivity contribution < 1.29 is 19.4 Å². The molecule has 0 aromatic heterocycles. The molecule has 1 fully saturated rings. The SMILES string of the molecule is CC(C)CCCCCC(=O)C1C(=O)OC[C@H]1CO. The molecule has 0 bridgehead atoms. The Morgan fingerprint density at radius 2 is 2.11 bits per heavy atom. The molecular weight excluding hydrogens is 232 g/mol. The molecule has 1 rings (SSSR count). The summed E-state index contributed by atoms with van der Waals surface area (Å²) in [6, 6.07) is 0. The monoisotopic (exact) mass is 256 g/mol. The highest BCUT2D eigenvalue weighted by atomic mass is 16.5. The fraction of sp³-hybridized carbons (Fsp3) is 0.857. The maximum Gasteiger partial charge on any atom is 0.316 e. The first-order valence-corrected chi connectivity index (χ1v) is 6.86. The summed E-state index contributed by atoms with van der Waals surface area (Å²) in [4.78, 5) is 23.3. The molecule has 0 saturated carbocycles. The highest BCUT2D eigenvalue weighted by molar-refractivity contribution is 6.00. The molecule has 4 heteroatoms. The standard InChI is InChI=1S/C14H24O4/c1-10(2)6-4-3-5-7-12(16)13-11(8-15)9-18-14(13)17/h10-11,13,15H,3-9H2,1-2H3/t11-,13?/m1/s1. The third kappa shape index (κ3) is 4.41. The van der Waals surface area contributed by atoms with Crippen LogP contribution in [0, 0.1) is 17.8 Å². The summed E-state index contributed by atoms with van der Waals surface area (Å²) < 4.78 is 4.83. The van der Waals surface area contributed by atoms with Gasteiger partial charge in [0.05, 0.1) is 13.2 Å². The molecule has 0 amide bonds. The van der Waals surface area contributed by atoms with Crippen molar-refractivity contribution >= 4 is 11.8 Å². The lowest BCUT2D eigenvalue weighted by molar-refractivity contribution is -0.144. The third-order valence-electron chi connectivity index (χ3n) is 3.45. The van der Waals surface area contributed by atoms with Crippen molar-refractivity contribution in [3.05, 3.63) is 0 Å². The predicted octanol–water partition coefficient (Wildman–Crippen LogP) is 1.94. The van der Waals surface area contributed by atoms with E-state index in [4.69, 9.17) is 9.84 Å². The van der Waals surface area contributed by atoms with E-state index in [1.54, 1.807) is 0 Å². The van der Waals surface area contributed by atoms with Crippen molar-refractivity contribution in [1.82, 2.24) is 0 Å². The molecule has 0 aromatic carbocycles. The summed E-state index contributed by atoms with van der Waals surface area (Å²) >= 11 is 0. The Balaban J connectivity index is 2.25. The van der Waals surface area contributed by atoms with Crippen LogP contribution in [-0.2, 0) is 14.3 Å². The molecule has 18 heavy (non-hydrogen) atoms. The van der Waals surface area contributed by atoms with Crippen molar-refractivity contribution in [3.63, 3.8) is 0 Å². The Morgan fingerprint density at radius 3 is 2.72 bits per heavy atom. The van der Waals surface area contributed by atoms with Gasteiger partial charge in [-0.15, -0.1) is 0 Å². The van der Waals surface area contributed by atoms with Crippen LogP contribution < -0.4 is 0 Å². The minimum Gasteiger partial charge on any atom is -0.465 e. The second kappa shape index (κ2) is 7.52. The molecule has 0 spiro atoms. The third-order valence-corrected chi connectivity index (χ3v) is 3.45. The summed E-state index contributed by atoms with van der Waals surface area (Å²) in [5.41, 5.74) is 0. The topological polar surface area (TPSA) is 63.6 Å². The smallest absolute Gasteiger partial charge is 0.316 e. The second-order valence-electron chi connectivity index (χ2n) is 5.51. The van der Waals surface area contributed by atoms with Gasteiger partial charge in [0.1, 0.15) is 11.7 Å². The molecule has 0 aromatic rings. The molecule has 0 aliphatic carbocycles. The van der Waals surface area contributed by atoms with Gasteiger partial charge in [-0.2, -0.15) is 0 Å². The Kier molecular flexibility index (Phi) is 6.33. The summed E-state index contributed by atoms with van der Waals surface area (Å²) in [6.07, 6.45) is 4.58. The number of aliphatic hydroxyl groups is 1. The fourth-order valence-corrected chi connectivity index (χ4v) is 2.30. The average molecular weight is 256 g/mol. The van der Waals surface area contributed by atoms with Crippen LogP contribution in [-0.4, -0.2) is 30.1 Å². The Labute approximate surface area is 109 Å². The number of ketones is 1. The number of unbranched alkanes of at least 4 members (excludes halogenated alkanes) is 2. The molecule has 1 aliphatic rings. The number of carbonyl (C=O) groups excluding carboxylic acids is 2. The molecule has 0 radical (unpaired) electrons. The van der Waals surface area contributed by atoms with E-state index in [-0.39, 0.29) is 24.9 Å². The number of ether oxygens (including phenoxy) is 1. The van der Waals surface area contributed by atoms with Gasteiger partial charge in [-0.1, -0.05) is 33.1 Å². The fourth-order valence-electron chi connectivity index (χ4n) is 2.30. The van der Waals surface area contributed by atoms with E-state index in [2.05, 4.69) is 13.8 Å². The summed E-state index contributed by atoms with van der Waals surface area (Å²) in [5, 5.41) is 9.09. The maximum absolute atomic E-state index is 11.9. The van der Waals surface area contributed by atoms with Crippen molar-refractivity contribution in [1.29, 1.82) is 0 Å². The number of Topliss-reactive ketones (excluding diaryl/α,β-unsaturated/α-hetero) is 1. The first-order valence-electron chi connectivity index (χ1n) is 6.86. The van der Waals surface area contributed by atoms with Crippen LogP contribution in [0.15, 0.2) is 0 Å². The quantitative estimate of drug-likeness (QED) is 0.409. The zero-order chi connectivity index (χ0) is 13.5. The molecule has 1 saturated heterocycles. The van der Waals surface area contributed by atoms with Gasteiger partial charge in [0.15, 0.2) is 0 Å². The van der Waals surface area contributed by atoms with Crippen molar-refractivity contribution in [2.45, 2.75) is 46.0 Å². The van der Waals surface area contributed by atoms with Gasteiger partial charge in [-0.25, -0.2) is 0 Å². The van der Waals surface area contributed by atoms with Crippen molar-refractivity contribution in [2.75, 3.05) is 13.2 Å². The number of rotatable bonds is 8. The zero-order valence-electron chi connectivity index (χ0n) is 11.4. The maximum atomic E-state index is 11.9. The number of cyclic esters (lactones) is 1. The Hall–Kier alpha value is -0.900. The average Bonchev–Trinajstić information content (AvgIpc) is 2.69. The van der Waals surface area contributed by atoms with E-state index in [1.807, 2.05) is 0 Å². The van der Waals surface area contributed by atoms with E-state index in [9.17, 15) is 9.59 Å². The lowest BCUT2D eigenvalue weighted by atomic mass is 9.89. The first kappa shape index (κ1) is 15.2. The molecule has 104 valence electrons. The van der Waals surface area contributed by atoms with Gasteiger partial charge in [-0.05, 0) is 12.3 Å². The van der Waals surface area contributed by atoms with Gasteiger partial charge in [0, 0.05) is 12.3 Å². The molecule has 1 N–H and O–H groups in total. The number of carbonyl (C=O) groups is 2. The number of aliphatic hydroxyl groups excluding tert-OH is 1. The van der Waals surface area contributed by atoms with Crippen LogP contribution in [0.1, 0.15) is 46.0 Å².